The first-order chi connectivity index (χ1) is 26.2. The van der Waals surface area contributed by atoms with E-state index in [2.05, 4.69) is 38.7 Å². The van der Waals surface area contributed by atoms with E-state index < -0.39 is 10.1 Å². The van der Waals surface area contributed by atoms with Crippen LogP contribution in [0.5, 0.6) is 11.5 Å². The van der Waals surface area contributed by atoms with Crippen molar-refractivity contribution in [3.63, 3.8) is 0 Å². The lowest BCUT2D eigenvalue weighted by Gasteiger charge is -2.33. The highest BCUT2D eigenvalue weighted by Gasteiger charge is 2.31. The molecule has 3 atom stereocenters. The van der Waals surface area contributed by atoms with Crippen molar-refractivity contribution < 1.29 is 26.9 Å². The SMILES string of the molecule is C[C@H]1CCCCN1c1nnc2ccc(O[C@@H]3CC[C@H](NC(=O)Nc4cc(C(C)(C)C)nn4-c4ccc(Cl)c(OCCOS(C)(=O)=O)c4)c4ccccc43)cn12. The molecule has 0 unspecified atom stereocenters. The highest BCUT2D eigenvalue weighted by Crippen LogP contribution is 2.39. The largest absolute Gasteiger partial charge is 0.489 e. The molecule has 55 heavy (non-hydrogen) atoms. The van der Waals surface area contributed by atoms with Crippen molar-refractivity contribution in [2.75, 3.05) is 36.2 Å². The van der Waals surface area contributed by atoms with Crippen LogP contribution >= 0.6 is 11.6 Å². The molecular formula is C39H47ClN8O6S. The lowest BCUT2D eigenvalue weighted by Crippen LogP contribution is -2.38. The van der Waals surface area contributed by atoms with Crippen LogP contribution in [0.3, 0.4) is 0 Å². The minimum Gasteiger partial charge on any atom is -0.489 e. The number of carbonyl (C=O) groups is 1. The number of carbonyl (C=O) groups excluding carboxylic acids is 1. The number of nitrogens with one attached hydrogen (secondary N) is 2. The molecule has 0 spiro atoms. The van der Waals surface area contributed by atoms with Gasteiger partial charge in [-0.15, -0.1) is 10.2 Å². The third-order valence-corrected chi connectivity index (χ3v) is 10.9. The fourth-order valence-electron chi connectivity index (χ4n) is 7.12. The molecule has 1 saturated heterocycles. The third-order valence-electron chi connectivity index (χ3n) is 9.95. The summed E-state index contributed by atoms with van der Waals surface area (Å²) in [5.41, 5.74) is 3.80. The van der Waals surface area contributed by atoms with Gasteiger partial charge in [-0.1, -0.05) is 56.6 Å². The summed E-state index contributed by atoms with van der Waals surface area (Å²) in [5, 5.41) is 20.3. The summed E-state index contributed by atoms with van der Waals surface area (Å²) >= 11 is 6.41. The van der Waals surface area contributed by atoms with E-state index in [0.29, 0.717) is 41.2 Å². The number of ether oxygens (including phenoxy) is 2. The van der Waals surface area contributed by atoms with Crippen molar-refractivity contribution in [1.82, 2.24) is 29.7 Å². The molecule has 2 aliphatic rings. The normalized spacial score (nSPS) is 18.9. The van der Waals surface area contributed by atoms with Crippen LogP contribution in [-0.2, 0) is 19.7 Å². The van der Waals surface area contributed by atoms with Gasteiger partial charge in [-0.2, -0.15) is 13.5 Å². The van der Waals surface area contributed by atoms with Gasteiger partial charge in [0.05, 0.1) is 34.9 Å². The molecule has 5 aromatic rings. The number of hydrogen-bond donors (Lipinski definition) is 2. The molecule has 1 fully saturated rings. The number of pyridine rings is 1. The molecule has 1 aliphatic carbocycles. The molecule has 2 N–H and O–H groups in total. The molecule has 16 heteroatoms. The summed E-state index contributed by atoms with van der Waals surface area (Å²) in [6.07, 6.45) is 7.58. The predicted octanol–water partition coefficient (Wildman–Crippen LogP) is 7.38. The molecule has 292 valence electrons. The van der Waals surface area contributed by atoms with Crippen molar-refractivity contribution >= 4 is 45.2 Å². The lowest BCUT2D eigenvalue weighted by molar-refractivity contribution is 0.171. The number of fused-ring (bicyclic) bond motifs is 2. The zero-order valence-electron chi connectivity index (χ0n) is 31.7. The number of rotatable bonds is 11. The Morgan fingerprint density at radius 1 is 0.982 bits per heavy atom. The number of nitrogens with zero attached hydrogens (tertiary/aromatic N) is 6. The van der Waals surface area contributed by atoms with Crippen LogP contribution in [-0.4, -0.2) is 70.9 Å². The zero-order chi connectivity index (χ0) is 38.9. The van der Waals surface area contributed by atoms with Crippen LogP contribution in [0.4, 0.5) is 16.6 Å². The van der Waals surface area contributed by atoms with E-state index in [1.165, 1.54) is 6.42 Å². The minimum absolute atomic E-state index is 0.0405. The van der Waals surface area contributed by atoms with E-state index in [1.54, 1.807) is 22.9 Å². The van der Waals surface area contributed by atoms with Crippen molar-refractivity contribution in [2.45, 2.75) is 83.4 Å². The maximum Gasteiger partial charge on any atom is 0.320 e. The second-order valence-electron chi connectivity index (χ2n) is 15.2. The van der Waals surface area contributed by atoms with E-state index in [0.717, 1.165) is 59.8 Å². The van der Waals surface area contributed by atoms with Crippen molar-refractivity contribution in [2.24, 2.45) is 0 Å². The maximum atomic E-state index is 13.7. The molecule has 3 aromatic heterocycles. The number of urea groups is 1. The van der Waals surface area contributed by atoms with Gasteiger partial charge < -0.3 is 19.7 Å². The average molecular weight is 791 g/mol. The zero-order valence-corrected chi connectivity index (χ0v) is 33.2. The van der Waals surface area contributed by atoms with E-state index in [9.17, 15) is 13.2 Å². The van der Waals surface area contributed by atoms with Crippen LogP contribution in [0.1, 0.15) is 88.8 Å². The van der Waals surface area contributed by atoms with Crippen LogP contribution in [0.15, 0.2) is 66.9 Å². The number of amides is 2. The smallest absolute Gasteiger partial charge is 0.320 e. The molecule has 1 aliphatic heterocycles. The molecular weight excluding hydrogens is 744 g/mol. The number of hydrogen-bond acceptors (Lipinski definition) is 10. The highest BCUT2D eigenvalue weighted by atomic mass is 35.5. The number of benzene rings is 2. The highest BCUT2D eigenvalue weighted by molar-refractivity contribution is 7.85. The number of halogens is 1. The van der Waals surface area contributed by atoms with Crippen molar-refractivity contribution in [3.8, 4) is 17.2 Å². The Labute approximate surface area is 326 Å². The summed E-state index contributed by atoms with van der Waals surface area (Å²) in [6.45, 7) is 9.10. The second kappa shape index (κ2) is 15.7. The summed E-state index contributed by atoms with van der Waals surface area (Å²) in [7, 11) is -3.61. The first-order valence-corrected chi connectivity index (χ1v) is 20.7. The summed E-state index contributed by atoms with van der Waals surface area (Å²) in [6, 6.07) is 18.6. The second-order valence-corrected chi connectivity index (χ2v) is 17.2. The summed E-state index contributed by atoms with van der Waals surface area (Å²) in [5.74, 6) is 2.32. The third kappa shape index (κ3) is 8.84. The van der Waals surface area contributed by atoms with Gasteiger partial charge in [-0.05, 0) is 74.4 Å². The van der Waals surface area contributed by atoms with Gasteiger partial charge in [-0.3, -0.25) is 13.9 Å². The number of anilines is 2. The lowest BCUT2D eigenvalue weighted by atomic mass is 9.85. The summed E-state index contributed by atoms with van der Waals surface area (Å²) < 4.78 is 43.5. The fraction of sp³-hybridized carbons (Fsp3) is 0.436. The summed E-state index contributed by atoms with van der Waals surface area (Å²) in [4.78, 5) is 16.1. The minimum atomic E-state index is -3.61. The van der Waals surface area contributed by atoms with Gasteiger partial charge >= 0.3 is 6.03 Å². The van der Waals surface area contributed by atoms with Gasteiger partial charge in [0.25, 0.3) is 10.1 Å². The molecule has 4 heterocycles. The maximum absolute atomic E-state index is 13.7. The average Bonchev–Trinajstić information content (AvgIpc) is 3.76. The Balaban J connectivity index is 1.07. The first kappa shape index (κ1) is 38.4. The van der Waals surface area contributed by atoms with Gasteiger partial charge in [0.1, 0.15) is 36.6 Å². The molecule has 0 radical (unpaired) electrons. The molecule has 14 nitrogen and oxygen atoms in total. The van der Waals surface area contributed by atoms with E-state index in [1.807, 2.05) is 67.8 Å². The van der Waals surface area contributed by atoms with E-state index in [-0.39, 0.29) is 36.8 Å². The fourth-order valence-corrected chi connectivity index (χ4v) is 7.67. The number of piperidine rings is 1. The van der Waals surface area contributed by atoms with Crippen LogP contribution in [0.2, 0.25) is 5.02 Å². The standard InChI is InChI=1S/C39H47ClN8O6S/c1-25-10-8-9-19-46(25)38-44-43-35-18-14-27(24-47(35)38)54-32-17-16-31(28-11-6-7-12-29(28)32)41-37(49)42-36-23-34(39(2,3)4)45-48(36)26-13-15-30(40)33(22-26)52-20-21-53-55(5,50)51/h6-7,11-15,18,22-25,31-32H,8-10,16-17,19-21H2,1-5H3,(H2,41,42,49)/t25-,31-,32+/m0/s1. The molecule has 0 saturated carbocycles. The van der Waals surface area contributed by atoms with Gasteiger partial charge in [0.15, 0.2) is 5.65 Å². The first-order valence-electron chi connectivity index (χ1n) is 18.6. The molecule has 2 amide bonds. The number of aromatic nitrogens is 5. The Morgan fingerprint density at radius 2 is 1.78 bits per heavy atom. The quantitative estimate of drug-likeness (QED) is 0.102. The van der Waals surface area contributed by atoms with Gasteiger partial charge in [0.2, 0.25) is 5.95 Å². The molecule has 2 aromatic carbocycles. The van der Waals surface area contributed by atoms with Gasteiger partial charge in [0, 0.05) is 30.1 Å². The molecule has 7 rings (SSSR count). The van der Waals surface area contributed by atoms with Crippen LogP contribution in [0, 0.1) is 0 Å². The Hall–Kier alpha value is -4.86. The Bertz CT molecular complexity index is 2290. The monoisotopic (exact) mass is 790 g/mol. The van der Waals surface area contributed by atoms with E-state index >= 15 is 0 Å². The van der Waals surface area contributed by atoms with Crippen molar-refractivity contribution in [1.29, 1.82) is 0 Å². The van der Waals surface area contributed by atoms with E-state index in [4.69, 9.17) is 30.4 Å². The van der Waals surface area contributed by atoms with Gasteiger partial charge in [-0.25, -0.2) is 9.48 Å². The van der Waals surface area contributed by atoms with Crippen LogP contribution < -0.4 is 25.0 Å². The topological polar surface area (TPSA) is 154 Å². The van der Waals surface area contributed by atoms with Crippen molar-refractivity contribution in [3.05, 3.63) is 88.7 Å². The van der Waals surface area contributed by atoms with Crippen LogP contribution in [0.25, 0.3) is 11.3 Å². The Morgan fingerprint density at radius 3 is 2.55 bits per heavy atom. The predicted molar refractivity (Wildman–Crippen MR) is 211 cm³/mol. The molecule has 0 bridgehead atoms. The Kier molecular flexibility index (Phi) is 11.0.